The van der Waals surface area contributed by atoms with Gasteiger partial charge in [0.15, 0.2) is 0 Å². The highest BCUT2D eigenvalue weighted by atomic mass is 19.1. The van der Waals surface area contributed by atoms with Crippen molar-refractivity contribution in [1.82, 2.24) is 4.98 Å². The van der Waals surface area contributed by atoms with Crippen LogP contribution in [0, 0.1) is 12.7 Å². The highest BCUT2D eigenvalue weighted by Gasteiger charge is 2.30. The molecule has 0 spiro atoms. The molecule has 0 amide bonds. The molecular weight excluding hydrogens is 280 g/mol. The summed E-state index contributed by atoms with van der Waals surface area (Å²) in [5.41, 5.74) is 4.69. The van der Waals surface area contributed by atoms with E-state index in [4.69, 9.17) is 9.07 Å². The summed E-state index contributed by atoms with van der Waals surface area (Å²) in [5.74, 6) is 0.365. The second kappa shape index (κ2) is 5.11. The van der Waals surface area contributed by atoms with E-state index >= 15 is 0 Å². The Morgan fingerprint density at radius 1 is 1.18 bits per heavy atom. The van der Waals surface area contributed by atoms with Gasteiger partial charge in [0.1, 0.15) is 12.1 Å². The minimum absolute atomic E-state index is 0.174. The van der Waals surface area contributed by atoms with Gasteiger partial charge in [0, 0.05) is 5.56 Å². The van der Waals surface area contributed by atoms with Gasteiger partial charge >= 0.3 is 6.92 Å². The Morgan fingerprint density at radius 3 is 2.91 bits per heavy atom. The number of fused-ring (bicyclic) bond motifs is 1. The number of benzene rings is 2. The van der Waals surface area contributed by atoms with Gasteiger partial charge in [0.05, 0.1) is 12.3 Å². The SMILES string of the molecule is Cc1coc(-c2cccc(B3OCc4cc(F)ccc43)c2)n1. The molecule has 0 radical (unpaired) electrons. The van der Waals surface area contributed by atoms with Crippen LogP contribution in [0.25, 0.3) is 11.5 Å². The van der Waals surface area contributed by atoms with Crippen LogP contribution in [0.1, 0.15) is 11.3 Å². The monoisotopic (exact) mass is 293 g/mol. The lowest BCUT2D eigenvalue weighted by molar-refractivity contribution is 0.336. The Labute approximate surface area is 127 Å². The van der Waals surface area contributed by atoms with Gasteiger partial charge in [-0.2, -0.15) is 0 Å². The summed E-state index contributed by atoms with van der Waals surface area (Å²) in [6, 6.07) is 12.7. The number of hydrogen-bond acceptors (Lipinski definition) is 3. The van der Waals surface area contributed by atoms with Crippen LogP contribution in [0.2, 0.25) is 0 Å². The van der Waals surface area contributed by atoms with E-state index < -0.39 is 0 Å². The smallest absolute Gasteiger partial charge is 0.362 e. The zero-order valence-electron chi connectivity index (χ0n) is 12.0. The number of oxazole rings is 1. The number of halogens is 1. The quantitative estimate of drug-likeness (QED) is 0.681. The van der Waals surface area contributed by atoms with Crippen molar-refractivity contribution < 1.29 is 13.5 Å². The van der Waals surface area contributed by atoms with E-state index in [2.05, 4.69) is 4.98 Å². The molecule has 0 saturated carbocycles. The lowest BCUT2D eigenvalue weighted by atomic mass is 9.55. The molecule has 4 rings (SSSR count). The topological polar surface area (TPSA) is 35.3 Å². The van der Waals surface area contributed by atoms with Crippen molar-refractivity contribution in [3.05, 3.63) is 65.8 Å². The predicted octanol–water partition coefficient (Wildman–Crippen LogP) is 2.43. The first kappa shape index (κ1) is 13.3. The van der Waals surface area contributed by atoms with Gasteiger partial charge in [-0.05, 0) is 41.6 Å². The molecule has 0 aliphatic carbocycles. The molecule has 2 aromatic carbocycles. The van der Waals surface area contributed by atoms with E-state index in [0.29, 0.717) is 12.5 Å². The van der Waals surface area contributed by atoms with E-state index in [-0.39, 0.29) is 12.7 Å². The molecule has 22 heavy (non-hydrogen) atoms. The number of rotatable bonds is 2. The average Bonchev–Trinajstić information content (AvgIpc) is 3.13. The molecule has 0 bridgehead atoms. The molecule has 0 saturated heterocycles. The Bertz CT molecular complexity index is 846. The Balaban J connectivity index is 1.73. The fraction of sp³-hybridized carbons (Fsp3) is 0.118. The van der Waals surface area contributed by atoms with E-state index in [0.717, 1.165) is 27.7 Å². The second-order valence-corrected chi connectivity index (χ2v) is 5.45. The summed E-state index contributed by atoms with van der Waals surface area (Å²) in [6.45, 7) is 2.15. The minimum atomic E-state index is -0.230. The van der Waals surface area contributed by atoms with E-state index in [1.165, 1.54) is 12.1 Å². The molecular formula is C17H13BFNO2. The van der Waals surface area contributed by atoms with Crippen molar-refractivity contribution in [1.29, 1.82) is 0 Å². The normalized spacial score (nSPS) is 13.5. The lowest BCUT2D eigenvalue weighted by Crippen LogP contribution is -2.41. The first-order valence-electron chi connectivity index (χ1n) is 7.13. The van der Waals surface area contributed by atoms with Crippen molar-refractivity contribution in [2.45, 2.75) is 13.5 Å². The third-order valence-electron chi connectivity index (χ3n) is 3.85. The summed E-state index contributed by atoms with van der Waals surface area (Å²) in [4.78, 5) is 4.35. The molecule has 1 aliphatic heterocycles. The number of aromatic nitrogens is 1. The summed E-state index contributed by atoms with van der Waals surface area (Å²) in [6.07, 6.45) is 1.63. The van der Waals surface area contributed by atoms with Crippen molar-refractivity contribution in [2.75, 3.05) is 0 Å². The van der Waals surface area contributed by atoms with Gasteiger partial charge in [-0.1, -0.05) is 24.3 Å². The van der Waals surface area contributed by atoms with Gasteiger partial charge in [0.2, 0.25) is 5.89 Å². The molecule has 0 fully saturated rings. The van der Waals surface area contributed by atoms with E-state index in [9.17, 15) is 4.39 Å². The largest absolute Gasteiger partial charge is 0.444 e. The zero-order valence-corrected chi connectivity index (χ0v) is 12.0. The van der Waals surface area contributed by atoms with Gasteiger partial charge in [0.25, 0.3) is 0 Å². The predicted molar refractivity (Wildman–Crippen MR) is 82.9 cm³/mol. The van der Waals surface area contributed by atoms with E-state index in [1.54, 1.807) is 12.3 Å². The first-order valence-corrected chi connectivity index (χ1v) is 7.13. The highest BCUT2D eigenvalue weighted by molar-refractivity contribution is 6.81. The van der Waals surface area contributed by atoms with Crippen LogP contribution in [0.3, 0.4) is 0 Å². The fourth-order valence-electron chi connectivity index (χ4n) is 2.82. The molecule has 3 aromatic rings. The van der Waals surface area contributed by atoms with Crippen LogP contribution in [-0.2, 0) is 11.3 Å². The molecule has 1 aromatic heterocycles. The Hall–Kier alpha value is -2.40. The molecule has 0 atom stereocenters. The van der Waals surface area contributed by atoms with Crippen LogP contribution >= 0.6 is 0 Å². The van der Waals surface area contributed by atoms with Crippen LogP contribution in [-0.4, -0.2) is 11.9 Å². The van der Waals surface area contributed by atoms with Crippen molar-refractivity contribution >= 4 is 17.8 Å². The highest BCUT2D eigenvalue weighted by Crippen LogP contribution is 2.18. The maximum absolute atomic E-state index is 13.3. The number of aryl methyl sites for hydroxylation is 1. The zero-order chi connectivity index (χ0) is 15.1. The molecule has 108 valence electrons. The van der Waals surface area contributed by atoms with Crippen molar-refractivity contribution in [2.24, 2.45) is 0 Å². The fourth-order valence-corrected chi connectivity index (χ4v) is 2.82. The molecule has 3 nitrogen and oxygen atoms in total. The van der Waals surface area contributed by atoms with Gasteiger partial charge in [-0.25, -0.2) is 9.37 Å². The average molecular weight is 293 g/mol. The summed E-state index contributed by atoms with van der Waals surface area (Å²) in [7, 11) is 0. The molecule has 0 N–H and O–H groups in total. The standard InChI is InChI=1S/C17H13BFNO2/c1-11-9-21-17(20-11)12-3-2-4-14(7-12)18-16-6-5-15(19)8-13(16)10-22-18/h2-9H,10H2,1H3. The van der Waals surface area contributed by atoms with E-state index in [1.807, 2.05) is 31.2 Å². The molecule has 5 heteroatoms. The van der Waals surface area contributed by atoms with Crippen molar-refractivity contribution in [3.63, 3.8) is 0 Å². The van der Waals surface area contributed by atoms with Gasteiger partial charge < -0.3 is 9.07 Å². The van der Waals surface area contributed by atoms with Gasteiger partial charge in [-0.3, -0.25) is 0 Å². The third kappa shape index (κ3) is 2.23. The van der Waals surface area contributed by atoms with Crippen LogP contribution in [0.15, 0.2) is 53.1 Å². The summed E-state index contributed by atoms with van der Waals surface area (Å²) in [5, 5.41) is 0. The Kier molecular flexibility index (Phi) is 3.08. The molecule has 1 aliphatic rings. The molecule has 2 heterocycles. The number of hydrogen-bond donors (Lipinski definition) is 0. The first-order chi connectivity index (χ1) is 10.7. The maximum atomic E-state index is 13.3. The number of nitrogens with zero attached hydrogens (tertiary/aromatic N) is 1. The Morgan fingerprint density at radius 2 is 2.09 bits per heavy atom. The van der Waals surface area contributed by atoms with Crippen molar-refractivity contribution in [3.8, 4) is 11.5 Å². The second-order valence-electron chi connectivity index (χ2n) is 5.45. The minimum Gasteiger partial charge on any atom is -0.444 e. The third-order valence-corrected chi connectivity index (χ3v) is 3.85. The lowest BCUT2D eigenvalue weighted by Gasteiger charge is -2.08. The summed E-state index contributed by atoms with van der Waals surface area (Å²) >= 11 is 0. The summed E-state index contributed by atoms with van der Waals surface area (Å²) < 4.78 is 24.6. The van der Waals surface area contributed by atoms with Crippen LogP contribution in [0.4, 0.5) is 4.39 Å². The maximum Gasteiger partial charge on any atom is 0.362 e. The van der Waals surface area contributed by atoms with Crippen LogP contribution < -0.4 is 10.9 Å². The van der Waals surface area contributed by atoms with Crippen LogP contribution in [0.5, 0.6) is 0 Å². The van der Waals surface area contributed by atoms with Gasteiger partial charge in [-0.15, -0.1) is 0 Å². The molecule has 0 unspecified atom stereocenters.